The van der Waals surface area contributed by atoms with Crippen LogP contribution < -0.4 is 9.47 Å². The van der Waals surface area contributed by atoms with Crippen molar-refractivity contribution in [2.24, 2.45) is 5.92 Å². The van der Waals surface area contributed by atoms with Crippen LogP contribution >= 0.6 is 0 Å². The van der Waals surface area contributed by atoms with Crippen molar-refractivity contribution >= 4 is 16.7 Å². The predicted octanol–water partition coefficient (Wildman–Crippen LogP) is 5.14. The second-order valence-electron chi connectivity index (χ2n) is 10.8. The first kappa shape index (κ1) is 22.0. The maximum absolute atomic E-state index is 13.4. The number of nitrogens with zero attached hydrogens (tertiary/aromatic N) is 1. The van der Waals surface area contributed by atoms with Gasteiger partial charge in [-0.1, -0.05) is 39.8 Å². The van der Waals surface area contributed by atoms with Gasteiger partial charge in [0.25, 0.3) is 0 Å². The average Bonchev–Trinajstić information content (AvgIpc) is 3.32. The third kappa shape index (κ3) is 3.93. The molecule has 0 spiro atoms. The summed E-state index contributed by atoms with van der Waals surface area (Å²) in [5.41, 5.74) is 4.09. The molecule has 1 aliphatic heterocycles. The zero-order valence-electron chi connectivity index (χ0n) is 20.0. The second-order valence-corrected chi connectivity index (χ2v) is 10.8. The number of ether oxygens (including phenoxy) is 2. The monoisotopic (exact) mass is 447 g/mol. The largest absolute Gasteiger partial charge is 0.454 e. The molecule has 1 N–H and O–H groups in total. The van der Waals surface area contributed by atoms with Gasteiger partial charge in [0.1, 0.15) is 5.78 Å². The summed E-state index contributed by atoms with van der Waals surface area (Å²) < 4.78 is 13.3. The number of aliphatic hydroxyl groups is 1. The fourth-order valence-corrected chi connectivity index (χ4v) is 5.02. The van der Waals surface area contributed by atoms with Crippen LogP contribution in [0.15, 0.2) is 42.5 Å². The fourth-order valence-electron chi connectivity index (χ4n) is 5.02. The molecule has 1 aromatic heterocycles. The van der Waals surface area contributed by atoms with Crippen molar-refractivity contribution in [3.8, 4) is 11.5 Å². The van der Waals surface area contributed by atoms with Gasteiger partial charge in [-0.05, 0) is 60.2 Å². The number of carbonyl (C=O) groups excluding carboxylic acids is 1. The number of aliphatic hydroxyl groups excluding tert-OH is 1. The first-order valence-electron chi connectivity index (χ1n) is 11.9. The maximum atomic E-state index is 13.4. The van der Waals surface area contributed by atoms with Gasteiger partial charge < -0.3 is 19.1 Å². The number of rotatable bonds is 7. The Balaban J connectivity index is 1.43. The van der Waals surface area contributed by atoms with Crippen LogP contribution in [0.4, 0.5) is 0 Å². The van der Waals surface area contributed by atoms with Crippen LogP contribution in [0, 0.1) is 5.92 Å². The van der Waals surface area contributed by atoms with E-state index in [-0.39, 0.29) is 30.5 Å². The maximum Gasteiger partial charge on any atom is 0.231 e. The van der Waals surface area contributed by atoms with E-state index in [1.807, 2.05) is 18.2 Å². The lowest BCUT2D eigenvalue weighted by Crippen LogP contribution is -2.22. The van der Waals surface area contributed by atoms with Gasteiger partial charge in [-0.2, -0.15) is 0 Å². The van der Waals surface area contributed by atoms with Crippen molar-refractivity contribution in [1.29, 1.82) is 0 Å². The van der Waals surface area contributed by atoms with Crippen molar-refractivity contribution in [3.63, 3.8) is 0 Å². The summed E-state index contributed by atoms with van der Waals surface area (Å²) in [6, 6.07) is 14.5. The molecule has 1 aliphatic carbocycles. The van der Waals surface area contributed by atoms with Crippen LogP contribution in [-0.2, 0) is 28.6 Å². The summed E-state index contributed by atoms with van der Waals surface area (Å²) >= 11 is 0. The topological polar surface area (TPSA) is 60.7 Å². The third-order valence-corrected chi connectivity index (χ3v) is 7.11. The van der Waals surface area contributed by atoms with Gasteiger partial charge in [0.2, 0.25) is 6.79 Å². The zero-order valence-corrected chi connectivity index (χ0v) is 20.0. The van der Waals surface area contributed by atoms with E-state index in [0.717, 1.165) is 52.9 Å². The van der Waals surface area contributed by atoms with E-state index in [0.29, 0.717) is 6.42 Å². The highest BCUT2D eigenvalue weighted by Crippen LogP contribution is 2.51. The lowest BCUT2D eigenvalue weighted by atomic mass is 9.87. The zero-order chi connectivity index (χ0) is 23.4. The minimum absolute atomic E-state index is 0.0123. The van der Waals surface area contributed by atoms with Crippen molar-refractivity contribution < 1.29 is 19.4 Å². The van der Waals surface area contributed by atoms with Crippen LogP contribution in [-0.4, -0.2) is 28.9 Å². The Hall–Kier alpha value is -2.79. The van der Waals surface area contributed by atoms with Crippen LogP contribution in [0.3, 0.4) is 0 Å². The Bertz CT molecular complexity index is 1210. The first-order valence-corrected chi connectivity index (χ1v) is 11.9. The van der Waals surface area contributed by atoms with E-state index >= 15 is 0 Å². The summed E-state index contributed by atoms with van der Waals surface area (Å²) in [5.74, 6) is 1.94. The number of fused-ring (bicyclic) bond motifs is 2. The highest BCUT2D eigenvalue weighted by atomic mass is 16.7. The average molecular weight is 448 g/mol. The molecule has 0 radical (unpaired) electrons. The van der Waals surface area contributed by atoms with E-state index in [1.54, 1.807) is 0 Å². The van der Waals surface area contributed by atoms with Gasteiger partial charge in [-0.15, -0.1) is 0 Å². The molecule has 5 heteroatoms. The number of Topliss-reactive ketones (excluding diaryl/α,β-unsaturated/α-hetero) is 1. The number of hydrogen-bond acceptors (Lipinski definition) is 4. The Morgan fingerprint density at radius 3 is 2.55 bits per heavy atom. The van der Waals surface area contributed by atoms with Crippen LogP contribution in [0.2, 0.25) is 0 Å². The number of carbonyl (C=O) groups is 1. The van der Waals surface area contributed by atoms with Gasteiger partial charge in [-0.25, -0.2) is 0 Å². The van der Waals surface area contributed by atoms with E-state index in [9.17, 15) is 9.90 Å². The van der Waals surface area contributed by atoms with Gasteiger partial charge in [0.05, 0.1) is 5.41 Å². The molecular formula is C28H33NO4. The highest BCUT2D eigenvalue weighted by Gasteiger charge is 2.50. The summed E-state index contributed by atoms with van der Waals surface area (Å²) in [4.78, 5) is 13.4. The van der Waals surface area contributed by atoms with E-state index in [4.69, 9.17) is 9.47 Å². The van der Waals surface area contributed by atoms with Crippen LogP contribution in [0.5, 0.6) is 11.5 Å². The Morgan fingerprint density at radius 2 is 1.85 bits per heavy atom. The van der Waals surface area contributed by atoms with Crippen LogP contribution in [0.1, 0.15) is 57.4 Å². The SMILES string of the molecule is CC(CO)Cn1c(C(C)(C)C)cc2cc(CC(=O)C3(c4ccc5c(c4)OCO5)CC3)ccc21. The second kappa shape index (κ2) is 7.91. The van der Waals surface area contributed by atoms with Crippen molar-refractivity contribution in [3.05, 3.63) is 59.3 Å². The van der Waals surface area contributed by atoms with Crippen molar-refractivity contribution in [1.82, 2.24) is 4.57 Å². The third-order valence-electron chi connectivity index (χ3n) is 7.11. The Morgan fingerprint density at radius 1 is 1.09 bits per heavy atom. The Labute approximate surface area is 195 Å². The lowest BCUT2D eigenvalue weighted by molar-refractivity contribution is -0.120. The molecule has 1 fully saturated rings. The fraction of sp³-hybridized carbons (Fsp3) is 0.464. The van der Waals surface area contributed by atoms with E-state index in [1.165, 1.54) is 5.69 Å². The van der Waals surface area contributed by atoms with Crippen molar-refractivity contribution in [2.75, 3.05) is 13.4 Å². The first-order chi connectivity index (χ1) is 15.7. The molecule has 1 atom stereocenters. The smallest absolute Gasteiger partial charge is 0.231 e. The molecule has 5 nitrogen and oxygen atoms in total. The van der Waals surface area contributed by atoms with Gasteiger partial charge >= 0.3 is 0 Å². The Kier molecular flexibility index (Phi) is 5.28. The van der Waals surface area contributed by atoms with Crippen molar-refractivity contribution in [2.45, 2.75) is 64.3 Å². The standard InChI is InChI=1S/C28H33NO4/c1-18(16-30)15-29-22-7-5-19(11-20(22)13-25(29)27(2,3)4)12-26(31)28(9-10-28)21-6-8-23-24(14-21)33-17-32-23/h5-8,11,13-14,18,30H,9-10,12,15-17H2,1-4H3. The molecule has 2 heterocycles. The van der Waals surface area contributed by atoms with Crippen LogP contribution in [0.25, 0.3) is 10.9 Å². The summed E-state index contributed by atoms with van der Waals surface area (Å²) in [6.45, 7) is 9.90. The van der Waals surface area contributed by atoms with Gasteiger partial charge in [-0.3, -0.25) is 4.79 Å². The molecule has 1 unspecified atom stereocenters. The molecule has 0 amide bonds. The molecule has 33 heavy (non-hydrogen) atoms. The molecule has 1 saturated carbocycles. The molecule has 0 saturated heterocycles. The number of hydrogen-bond donors (Lipinski definition) is 1. The molecule has 3 aromatic rings. The molecule has 2 aromatic carbocycles. The molecule has 2 aliphatic rings. The molecule has 174 valence electrons. The number of benzene rings is 2. The van der Waals surface area contributed by atoms with Gasteiger partial charge in [0.15, 0.2) is 11.5 Å². The van der Waals surface area contributed by atoms with Gasteiger partial charge in [0, 0.05) is 41.6 Å². The predicted molar refractivity (Wildman–Crippen MR) is 129 cm³/mol. The number of aromatic nitrogens is 1. The molecule has 0 bridgehead atoms. The highest BCUT2D eigenvalue weighted by molar-refractivity contribution is 5.95. The number of ketones is 1. The normalized spacial score (nSPS) is 17.4. The lowest BCUT2D eigenvalue weighted by Gasteiger charge is -2.23. The quantitative estimate of drug-likeness (QED) is 0.545. The summed E-state index contributed by atoms with van der Waals surface area (Å²) in [5, 5.41) is 10.8. The minimum atomic E-state index is -0.394. The van der Waals surface area contributed by atoms with E-state index in [2.05, 4.69) is 56.5 Å². The minimum Gasteiger partial charge on any atom is -0.454 e. The molecular weight excluding hydrogens is 414 g/mol. The molecule has 5 rings (SSSR count). The summed E-state index contributed by atoms with van der Waals surface area (Å²) in [6.07, 6.45) is 2.20. The van der Waals surface area contributed by atoms with E-state index < -0.39 is 5.41 Å². The summed E-state index contributed by atoms with van der Waals surface area (Å²) in [7, 11) is 0.